The Morgan fingerprint density at radius 2 is 1.79 bits per heavy atom. The molecule has 0 aromatic heterocycles. The summed E-state index contributed by atoms with van der Waals surface area (Å²) in [6, 6.07) is 9.41. The third-order valence-corrected chi connectivity index (χ3v) is 5.87. The first-order valence-corrected chi connectivity index (χ1v) is 9.26. The van der Waals surface area contributed by atoms with Crippen molar-refractivity contribution in [3.05, 3.63) is 60.9 Å². The zero-order valence-corrected chi connectivity index (χ0v) is 16.4. The molecule has 0 unspecified atom stereocenters. The van der Waals surface area contributed by atoms with Gasteiger partial charge in [0.2, 0.25) is 0 Å². The van der Waals surface area contributed by atoms with E-state index in [2.05, 4.69) is 36.9 Å². The molecular weight excluding hydrogens is 458 g/mol. The third-order valence-electron chi connectivity index (χ3n) is 3.40. The maximum Gasteiger partial charge on any atom is 0.284 e. The predicted octanol–water partition coefficient (Wildman–Crippen LogP) is 4.99. The Hall–Kier alpha value is -1.57. The number of aliphatic imine (C=N–C) groups is 1. The molecule has 0 spiro atoms. The van der Waals surface area contributed by atoms with Crippen LogP contribution in [-0.2, 0) is 4.79 Å². The number of phenols is 2. The number of hydrogen-bond donors (Lipinski definition) is 2. The van der Waals surface area contributed by atoms with E-state index in [0.29, 0.717) is 24.5 Å². The molecule has 2 aromatic carbocycles. The van der Waals surface area contributed by atoms with Gasteiger partial charge in [0, 0.05) is 5.56 Å². The molecule has 4 nitrogen and oxygen atoms in total. The predicted molar refractivity (Wildman–Crippen MR) is 103 cm³/mol. The number of phenolic OH excluding ortho intramolecular Hbond substituents is 2. The number of benzene rings is 2. The fourth-order valence-corrected chi connectivity index (χ4v) is 3.86. The van der Waals surface area contributed by atoms with Crippen molar-refractivity contribution >= 4 is 60.6 Å². The summed E-state index contributed by atoms with van der Waals surface area (Å²) in [4.78, 5) is 16.7. The van der Waals surface area contributed by atoms with Gasteiger partial charge in [-0.2, -0.15) is 0 Å². The van der Waals surface area contributed by atoms with Crippen molar-refractivity contribution < 1.29 is 15.0 Å². The number of amides is 1. The van der Waals surface area contributed by atoms with Crippen LogP contribution in [0, 0.1) is 6.92 Å². The van der Waals surface area contributed by atoms with Crippen LogP contribution in [0.3, 0.4) is 0 Å². The minimum Gasteiger partial charge on any atom is -0.503 e. The van der Waals surface area contributed by atoms with Gasteiger partial charge in [-0.25, -0.2) is 4.99 Å². The summed E-state index contributed by atoms with van der Waals surface area (Å²) < 4.78 is 0.651. The van der Waals surface area contributed by atoms with Crippen molar-refractivity contribution in [1.29, 1.82) is 0 Å². The molecule has 3 rings (SSSR count). The topological polar surface area (TPSA) is 69.9 Å². The van der Waals surface area contributed by atoms with Crippen molar-refractivity contribution in [3.8, 4) is 11.5 Å². The maximum absolute atomic E-state index is 12.2. The number of halogens is 2. The molecule has 0 atom stereocenters. The van der Waals surface area contributed by atoms with E-state index in [-0.39, 0.29) is 17.4 Å². The van der Waals surface area contributed by atoms with Crippen LogP contribution in [0.15, 0.2) is 49.2 Å². The molecule has 0 bridgehead atoms. The fraction of sp³-hybridized carbons (Fsp3) is 0.0588. The van der Waals surface area contributed by atoms with E-state index in [0.717, 1.165) is 11.1 Å². The number of nitrogens with zero attached hydrogens (tertiary/aromatic N) is 1. The van der Waals surface area contributed by atoms with E-state index in [1.165, 1.54) is 11.8 Å². The van der Waals surface area contributed by atoms with E-state index < -0.39 is 0 Å². The maximum atomic E-state index is 12.2. The summed E-state index contributed by atoms with van der Waals surface area (Å²) in [5.41, 5.74) is 2.59. The number of rotatable bonds is 2. The second kappa shape index (κ2) is 6.74. The molecule has 7 heteroatoms. The number of carbonyl (C=O) groups is 1. The molecule has 1 heterocycles. The number of hydrogen-bond acceptors (Lipinski definition) is 4. The fourth-order valence-electron chi connectivity index (χ4n) is 2.10. The van der Waals surface area contributed by atoms with Crippen LogP contribution in [0.1, 0.15) is 16.7 Å². The lowest BCUT2D eigenvalue weighted by Crippen LogP contribution is -1.90. The second-order valence-electron chi connectivity index (χ2n) is 5.16. The Labute approximate surface area is 159 Å². The van der Waals surface area contributed by atoms with Crippen molar-refractivity contribution in [3.63, 3.8) is 0 Å². The van der Waals surface area contributed by atoms with E-state index in [1.54, 1.807) is 12.1 Å². The average Bonchev–Trinajstić information content (AvgIpc) is 2.92. The molecule has 1 aliphatic rings. The Balaban J connectivity index is 1.94. The monoisotopic (exact) mass is 467 g/mol. The highest BCUT2D eigenvalue weighted by atomic mass is 79.9. The minimum atomic E-state index is -0.328. The lowest BCUT2D eigenvalue weighted by Gasteiger charge is -2.07. The van der Waals surface area contributed by atoms with Crippen LogP contribution < -0.4 is 0 Å². The van der Waals surface area contributed by atoms with Crippen LogP contribution in [0.4, 0.5) is 0 Å². The van der Waals surface area contributed by atoms with Gasteiger partial charge in [0.25, 0.3) is 5.91 Å². The zero-order chi connectivity index (χ0) is 17.4. The Bertz CT molecular complexity index is 905. The first-order valence-electron chi connectivity index (χ1n) is 6.86. The van der Waals surface area contributed by atoms with Gasteiger partial charge in [-0.3, -0.25) is 4.79 Å². The molecule has 1 aliphatic heterocycles. The summed E-state index contributed by atoms with van der Waals surface area (Å²) in [6.07, 6.45) is 1.63. The average molecular weight is 469 g/mol. The van der Waals surface area contributed by atoms with Gasteiger partial charge in [-0.15, -0.1) is 0 Å². The van der Waals surface area contributed by atoms with Crippen molar-refractivity contribution in [1.82, 2.24) is 0 Å². The molecule has 0 saturated heterocycles. The molecule has 24 heavy (non-hydrogen) atoms. The molecule has 0 aliphatic carbocycles. The molecule has 2 aromatic rings. The molecule has 122 valence electrons. The first kappa shape index (κ1) is 17.3. The summed E-state index contributed by atoms with van der Waals surface area (Å²) in [5, 5.41) is 20.2. The number of aryl methyl sites for hydroxylation is 1. The standard InChI is InChI=1S/C17H11Br2NO3S/c1-8-2-4-9(5-3-8)17-20-16(23)12(24-17)7-10-6-11(18)14(21)15(22)13(10)19/h2-7,21-22H,1H3/b12-7-. The molecule has 1 amide bonds. The highest BCUT2D eigenvalue weighted by molar-refractivity contribution is 9.11. The van der Waals surface area contributed by atoms with Crippen LogP contribution in [0.5, 0.6) is 11.5 Å². The number of aromatic hydroxyl groups is 2. The van der Waals surface area contributed by atoms with Crippen molar-refractivity contribution in [2.45, 2.75) is 6.92 Å². The normalized spacial score (nSPS) is 15.9. The van der Waals surface area contributed by atoms with E-state index in [1.807, 2.05) is 31.2 Å². The van der Waals surface area contributed by atoms with Gasteiger partial charge in [-0.1, -0.05) is 41.6 Å². The van der Waals surface area contributed by atoms with Crippen molar-refractivity contribution in [2.24, 2.45) is 4.99 Å². The van der Waals surface area contributed by atoms with E-state index >= 15 is 0 Å². The molecule has 0 fully saturated rings. The zero-order valence-electron chi connectivity index (χ0n) is 12.4. The summed E-state index contributed by atoms with van der Waals surface area (Å²) in [7, 11) is 0. The summed E-state index contributed by atoms with van der Waals surface area (Å²) in [6.45, 7) is 2.00. The van der Waals surface area contributed by atoms with Gasteiger partial charge in [0.15, 0.2) is 11.5 Å². The van der Waals surface area contributed by atoms with Crippen LogP contribution >= 0.6 is 43.6 Å². The lowest BCUT2D eigenvalue weighted by molar-refractivity contribution is -0.113. The van der Waals surface area contributed by atoms with Gasteiger partial charge in [-0.05, 0) is 56.5 Å². The van der Waals surface area contributed by atoms with Gasteiger partial charge < -0.3 is 10.2 Å². The SMILES string of the molecule is Cc1ccc(C2=NC(=O)/C(=C/c3cc(Br)c(O)c(O)c3Br)S2)cc1. The van der Waals surface area contributed by atoms with Gasteiger partial charge in [0.1, 0.15) is 5.04 Å². The quantitative estimate of drug-likeness (QED) is 0.481. The molecule has 0 saturated carbocycles. The molecule has 0 radical (unpaired) electrons. The van der Waals surface area contributed by atoms with Gasteiger partial charge in [0.05, 0.1) is 13.9 Å². The lowest BCUT2D eigenvalue weighted by atomic mass is 10.2. The van der Waals surface area contributed by atoms with Crippen molar-refractivity contribution in [2.75, 3.05) is 0 Å². The van der Waals surface area contributed by atoms with Crippen LogP contribution in [-0.4, -0.2) is 21.2 Å². The van der Waals surface area contributed by atoms with E-state index in [4.69, 9.17) is 0 Å². The largest absolute Gasteiger partial charge is 0.503 e. The van der Waals surface area contributed by atoms with Crippen LogP contribution in [0.25, 0.3) is 6.08 Å². The first-order chi connectivity index (χ1) is 11.4. The second-order valence-corrected chi connectivity index (χ2v) is 7.84. The summed E-state index contributed by atoms with van der Waals surface area (Å²) >= 11 is 7.68. The highest BCUT2D eigenvalue weighted by Crippen LogP contribution is 2.43. The van der Waals surface area contributed by atoms with E-state index in [9.17, 15) is 15.0 Å². The Morgan fingerprint density at radius 1 is 1.12 bits per heavy atom. The Morgan fingerprint density at radius 3 is 2.46 bits per heavy atom. The minimum absolute atomic E-state index is 0.258. The summed E-state index contributed by atoms with van der Waals surface area (Å²) in [5.74, 6) is -0.872. The third kappa shape index (κ3) is 3.29. The number of carbonyl (C=O) groups excluding carboxylic acids is 1. The molecular formula is C17H11Br2NO3S. The number of thioether (sulfide) groups is 1. The highest BCUT2D eigenvalue weighted by Gasteiger charge is 2.24. The van der Waals surface area contributed by atoms with Crippen LogP contribution in [0.2, 0.25) is 0 Å². The smallest absolute Gasteiger partial charge is 0.284 e. The molecule has 2 N–H and O–H groups in total. The Kier molecular flexibility index (Phi) is 4.85. The van der Waals surface area contributed by atoms with Gasteiger partial charge >= 0.3 is 0 Å².